The van der Waals surface area contributed by atoms with E-state index in [1.807, 2.05) is 0 Å². The molecule has 2 saturated carbocycles. The second-order valence-electron chi connectivity index (χ2n) is 5.62. The highest BCUT2D eigenvalue weighted by atomic mass is 16.6. The van der Waals surface area contributed by atoms with Gasteiger partial charge < -0.3 is 9.47 Å². The number of hydrogen-bond acceptors (Lipinski definition) is 3. The predicted molar refractivity (Wildman–Crippen MR) is 54.3 cm³/mol. The zero-order valence-corrected chi connectivity index (χ0v) is 9.36. The Bertz CT molecular complexity index is 299. The Hall–Kier alpha value is -0.570. The van der Waals surface area contributed by atoms with Gasteiger partial charge in [-0.1, -0.05) is 0 Å². The first-order chi connectivity index (χ1) is 7.08. The smallest absolute Gasteiger partial charge is 0.309 e. The van der Waals surface area contributed by atoms with Crippen LogP contribution in [0.15, 0.2) is 0 Å². The summed E-state index contributed by atoms with van der Waals surface area (Å²) in [6, 6.07) is 0. The fraction of sp³-hybridized carbons (Fsp3) is 0.917. The molecule has 4 atom stereocenters. The SMILES string of the molecule is CC(C)OC12CC3CC(C1)C(C2)C(=O)O3. The minimum atomic E-state index is -0.0431. The molecule has 3 nitrogen and oxygen atoms in total. The van der Waals surface area contributed by atoms with E-state index in [-0.39, 0.29) is 29.7 Å². The van der Waals surface area contributed by atoms with E-state index in [1.165, 1.54) is 0 Å². The molecule has 1 aliphatic heterocycles. The van der Waals surface area contributed by atoms with Gasteiger partial charge in [0.05, 0.1) is 17.6 Å². The molecule has 3 rings (SSSR count). The first-order valence-electron chi connectivity index (χ1n) is 5.96. The van der Waals surface area contributed by atoms with Crippen molar-refractivity contribution in [2.75, 3.05) is 0 Å². The van der Waals surface area contributed by atoms with Crippen molar-refractivity contribution < 1.29 is 14.3 Å². The van der Waals surface area contributed by atoms with Crippen LogP contribution in [0, 0.1) is 11.8 Å². The molecule has 3 bridgehead atoms. The Labute approximate surface area is 90.1 Å². The fourth-order valence-electron chi connectivity index (χ4n) is 3.78. The summed E-state index contributed by atoms with van der Waals surface area (Å²) in [7, 11) is 0. The molecule has 0 amide bonds. The molecule has 0 aromatic heterocycles. The van der Waals surface area contributed by atoms with E-state index in [2.05, 4.69) is 13.8 Å². The molecular formula is C12H18O3. The van der Waals surface area contributed by atoms with E-state index in [4.69, 9.17) is 9.47 Å². The molecule has 0 spiro atoms. The molecule has 0 N–H and O–H groups in total. The lowest BCUT2D eigenvalue weighted by atomic mass is 9.81. The third-order valence-electron chi connectivity index (χ3n) is 4.03. The van der Waals surface area contributed by atoms with E-state index < -0.39 is 0 Å². The van der Waals surface area contributed by atoms with Crippen LogP contribution in [-0.4, -0.2) is 23.8 Å². The standard InChI is InChI=1S/C12H18O3/c1-7(2)15-12-4-8-3-9(5-12)14-11(13)10(8)6-12/h7-10H,3-6H2,1-2H3. The molecule has 15 heavy (non-hydrogen) atoms. The summed E-state index contributed by atoms with van der Waals surface area (Å²) in [4.78, 5) is 11.7. The highest BCUT2D eigenvalue weighted by molar-refractivity contribution is 5.75. The van der Waals surface area contributed by atoms with Crippen molar-refractivity contribution in [3.8, 4) is 0 Å². The average Bonchev–Trinajstić information content (AvgIpc) is 2.29. The molecule has 1 heterocycles. The van der Waals surface area contributed by atoms with Crippen molar-refractivity contribution in [3.63, 3.8) is 0 Å². The van der Waals surface area contributed by atoms with Crippen molar-refractivity contribution in [2.24, 2.45) is 11.8 Å². The molecule has 1 saturated heterocycles. The summed E-state index contributed by atoms with van der Waals surface area (Å²) in [6.07, 6.45) is 4.33. The first kappa shape index (κ1) is 9.64. The van der Waals surface area contributed by atoms with Crippen LogP contribution in [0.25, 0.3) is 0 Å². The van der Waals surface area contributed by atoms with E-state index in [0.717, 1.165) is 25.7 Å². The maximum Gasteiger partial charge on any atom is 0.309 e. The minimum Gasteiger partial charge on any atom is -0.462 e. The molecular weight excluding hydrogens is 192 g/mol. The van der Waals surface area contributed by atoms with Crippen molar-refractivity contribution in [1.29, 1.82) is 0 Å². The van der Waals surface area contributed by atoms with E-state index in [1.54, 1.807) is 0 Å². The lowest BCUT2D eigenvalue weighted by Crippen LogP contribution is -2.42. The van der Waals surface area contributed by atoms with Gasteiger partial charge >= 0.3 is 5.97 Å². The fourth-order valence-corrected chi connectivity index (χ4v) is 3.78. The van der Waals surface area contributed by atoms with Gasteiger partial charge in [-0.2, -0.15) is 0 Å². The maximum absolute atomic E-state index is 11.7. The Kier molecular flexibility index (Phi) is 1.91. The quantitative estimate of drug-likeness (QED) is 0.653. The van der Waals surface area contributed by atoms with E-state index in [0.29, 0.717) is 5.92 Å². The normalized spacial score (nSPS) is 47.4. The summed E-state index contributed by atoms with van der Waals surface area (Å²) in [5.74, 6) is 0.689. The maximum atomic E-state index is 11.7. The van der Waals surface area contributed by atoms with Crippen LogP contribution in [0.1, 0.15) is 39.5 Å². The molecule has 3 aliphatic rings. The summed E-state index contributed by atoms with van der Waals surface area (Å²) >= 11 is 0. The monoisotopic (exact) mass is 210 g/mol. The van der Waals surface area contributed by atoms with Crippen LogP contribution in [0.5, 0.6) is 0 Å². The zero-order chi connectivity index (χ0) is 10.6. The number of rotatable bonds is 2. The van der Waals surface area contributed by atoms with Gasteiger partial charge in [-0.3, -0.25) is 4.79 Å². The van der Waals surface area contributed by atoms with Crippen LogP contribution in [0.4, 0.5) is 0 Å². The Morgan fingerprint density at radius 3 is 2.93 bits per heavy atom. The number of ether oxygens (including phenoxy) is 2. The number of esters is 1. The van der Waals surface area contributed by atoms with Crippen LogP contribution in [0.3, 0.4) is 0 Å². The lowest BCUT2D eigenvalue weighted by Gasteiger charge is -2.39. The zero-order valence-electron chi connectivity index (χ0n) is 9.36. The van der Waals surface area contributed by atoms with Gasteiger partial charge in [0, 0.05) is 6.42 Å². The Morgan fingerprint density at radius 1 is 1.40 bits per heavy atom. The molecule has 3 heteroatoms. The molecule has 0 radical (unpaired) electrons. The molecule has 84 valence electrons. The van der Waals surface area contributed by atoms with Gasteiger partial charge in [0.15, 0.2) is 0 Å². The van der Waals surface area contributed by atoms with E-state index >= 15 is 0 Å². The van der Waals surface area contributed by atoms with Crippen molar-refractivity contribution in [2.45, 2.75) is 57.3 Å². The van der Waals surface area contributed by atoms with Crippen molar-refractivity contribution in [1.82, 2.24) is 0 Å². The lowest BCUT2D eigenvalue weighted by molar-refractivity contribution is -0.168. The van der Waals surface area contributed by atoms with Gasteiger partial charge in [0.25, 0.3) is 0 Å². The average molecular weight is 210 g/mol. The molecule has 4 unspecified atom stereocenters. The van der Waals surface area contributed by atoms with Crippen LogP contribution >= 0.6 is 0 Å². The van der Waals surface area contributed by atoms with Crippen molar-refractivity contribution >= 4 is 5.97 Å². The van der Waals surface area contributed by atoms with Gasteiger partial charge in [-0.15, -0.1) is 0 Å². The number of fused-ring (bicyclic) bond motifs is 2. The third-order valence-corrected chi connectivity index (χ3v) is 4.03. The third kappa shape index (κ3) is 1.40. The second-order valence-corrected chi connectivity index (χ2v) is 5.62. The summed E-state index contributed by atoms with van der Waals surface area (Å²) < 4.78 is 11.5. The first-order valence-corrected chi connectivity index (χ1v) is 5.96. The summed E-state index contributed by atoms with van der Waals surface area (Å²) in [5, 5.41) is 0. The van der Waals surface area contributed by atoms with Crippen LogP contribution in [-0.2, 0) is 14.3 Å². The second kappa shape index (κ2) is 2.97. The van der Waals surface area contributed by atoms with Crippen LogP contribution < -0.4 is 0 Å². The molecule has 0 aromatic carbocycles. The van der Waals surface area contributed by atoms with Gasteiger partial charge in [0.2, 0.25) is 0 Å². The Morgan fingerprint density at radius 2 is 2.20 bits per heavy atom. The predicted octanol–water partition coefficient (Wildman–Crippen LogP) is 1.90. The highest BCUT2D eigenvalue weighted by Gasteiger charge is 2.58. The number of carbonyl (C=O) groups excluding carboxylic acids is 1. The summed E-state index contributed by atoms with van der Waals surface area (Å²) in [6.45, 7) is 4.14. The largest absolute Gasteiger partial charge is 0.462 e. The summed E-state index contributed by atoms with van der Waals surface area (Å²) in [5.41, 5.74) is -0.0431. The number of carbonyl (C=O) groups is 1. The molecule has 0 aromatic rings. The topological polar surface area (TPSA) is 35.5 Å². The molecule has 3 fully saturated rings. The minimum absolute atomic E-state index is 0.0305. The van der Waals surface area contributed by atoms with Gasteiger partial charge in [-0.05, 0) is 39.0 Å². The number of hydrogen-bond donors (Lipinski definition) is 0. The van der Waals surface area contributed by atoms with Gasteiger partial charge in [0.1, 0.15) is 6.10 Å². The highest BCUT2D eigenvalue weighted by Crippen LogP contribution is 2.55. The Balaban J connectivity index is 1.87. The van der Waals surface area contributed by atoms with E-state index in [9.17, 15) is 4.79 Å². The molecule has 2 aliphatic carbocycles. The van der Waals surface area contributed by atoms with Gasteiger partial charge in [-0.25, -0.2) is 0 Å². The van der Waals surface area contributed by atoms with Crippen LogP contribution in [0.2, 0.25) is 0 Å². The van der Waals surface area contributed by atoms with Crippen molar-refractivity contribution in [3.05, 3.63) is 0 Å².